The molecule has 0 aliphatic carbocycles. The highest BCUT2D eigenvalue weighted by molar-refractivity contribution is 6.31. The van der Waals surface area contributed by atoms with Gasteiger partial charge in [0.15, 0.2) is 5.69 Å². The van der Waals surface area contributed by atoms with E-state index in [9.17, 15) is 36.2 Å². The van der Waals surface area contributed by atoms with Gasteiger partial charge in [0.2, 0.25) is 0 Å². The minimum Gasteiger partial charge on any atom is -0.391 e. The molecule has 2 atom stereocenters. The Bertz CT molecular complexity index is 1540. The number of benzene rings is 2. The monoisotopic (exact) mass is 595 g/mol. The first-order chi connectivity index (χ1) is 19.3. The van der Waals surface area contributed by atoms with Gasteiger partial charge in [-0.3, -0.25) is 9.78 Å². The number of pyridine rings is 1. The first-order valence-electron chi connectivity index (χ1n) is 12.2. The fourth-order valence-corrected chi connectivity index (χ4v) is 5.12. The Labute approximate surface area is 234 Å². The number of halogens is 7. The number of aliphatic hydroxyl groups is 1. The summed E-state index contributed by atoms with van der Waals surface area (Å²) in [7, 11) is 0. The second-order valence-electron chi connectivity index (χ2n) is 9.48. The summed E-state index contributed by atoms with van der Waals surface area (Å²) in [5, 5.41) is 18.7. The van der Waals surface area contributed by atoms with Crippen molar-refractivity contribution in [1.29, 1.82) is 0 Å². The van der Waals surface area contributed by atoms with Crippen LogP contribution in [0.15, 0.2) is 67.0 Å². The lowest BCUT2D eigenvalue weighted by molar-refractivity contribution is -0.143. The lowest BCUT2D eigenvalue weighted by Crippen LogP contribution is -2.32. The number of rotatable bonds is 5. The van der Waals surface area contributed by atoms with Gasteiger partial charge >= 0.3 is 12.4 Å². The van der Waals surface area contributed by atoms with E-state index in [-0.39, 0.29) is 36.0 Å². The normalized spacial score (nSPS) is 17.7. The van der Waals surface area contributed by atoms with Gasteiger partial charge in [-0.15, -0.1) is 5.10 Å². The lowest BCUT2D eigenvalue weighted by atomic mass is 10.0. The number of nitrogens with zero attached hydrogens (tertiary/aromatic N) is 5. The molecule has 7 nitrogen and oxygen atoms in total. The number of β-amino-alcohol motifs (C(OH)–C–C–N with tert-alkyl or cyclic N) is 1. The van der Waals surface area contributed by atoms with E-state index in [1.54, 1.807) is 36.4 Å². The largest absolute Gasteiger partial charge is 0.416 e. The number of aromatic nitrogens is 4. The molecule has 1 aliphatic heterocycles. The second-order valence-corrected chi connectivity index (χ2v) is 9.89. The third-order valence-electron chi connectivity index (χ3n) is 6.66. The summed E-state index contributed by atoms with van der Waals surface area (Å²) in [5.74, 6) is -0.656. The third kappa shape index (κ3) is 5.91. The third-order valence-corrected chi connectivity index (χ3v) is 7.00. The van der Waals surface area contributed by atoms with Crippen molar-refractivity contribution in [2.75, 3.05) is 6.54 Å². The maximum absolute atomic E-state index is 13.9. The van der Waals surface area contributed by atoms with E-state index < -0.39 is 48.1 Å². The molecule has 14 heteroatoms. The van der Waals surface area contributed by atoms with Crippen molar-refractivity contribution in [2.45, 2.75) is 37.5 Å². The van der Waals surface area contributed by atoms with Crippen molar-refractivity contribution >= 4 is 17.5 Å². The average Bonchev–Trinajstić information content (AvgIpc) is 3.51. The lowest BCUT2D eigenvalue weighted by Gasteiger charge is -2.25. The Hall–Kier alpha value is -3.97. The molecule has 0 saturated carbocycles. The van der Waals surface area contributed by atoms with Gasteiger partial charge in [-0.25, -0.2) is 4.68 Å². The topological polar surface area (TPSA) is 84.1 Å². The van der Waals surface area contributed by atoms with Crippen LogP contribution in [0.5, 0.6) is 0 Å². The number of amides is 1. The van der Waals surface area contributed by atoms with Crippen LogP contribution in [0.1, 0.15) is 45.2 Å². The van der Waals surface area contributed by atoms with Crippen LogP contribution in [0.3, 0.4) is 0 Å². The van der Waals surface area contributed by atoms with Gasteiger partial charge in [0.05, 0.1) is 29.8 Å². The van der Waals surface area contributed by atoms with Crippen LogP contribution in [0, 0.1) is 0 Å². The molecule has 2 unspecified atom stereocenters. The summed E-state index contributed by atoms with van der Waals surface area (Å²) in [5.41, 5.74) is -2.59. The number of alkyl halides is 6. The molecular formula is C27H20ClF6N5O2. The smallest absolute Gasteiger partial charge is 0.391 e. The maximum Gasteiger partial charge on any atom is 0.416 e. The molecule has 1 saturated heterocycles. The Morgan fingerprint density at radius 2 is 1.68 bits per heavy atom. The summed E-state index contributed by atoms with van der Waals surface area (Å²) in [6.07, 6.45) is -7.93. The van der Waals surface area contributed by atoms with E-state index in [4.69, 9.17) is 11.6 Å². The molecule has 41 heavy (non-hydrogen) atoms. The quantitative estimate of drug-likeness (QED) is 0.285. The number of aliphatic hydroxyl groups excluding tert-OH is 1. The van der Waals surface area contributed by atoms with Gasteiger partial charge < -0.3 is 10.0 Å². The van der Waals surface area contributed by atoms with E-state index in [0.717, 1.165) is 4.68 Å². The molecule has 2 aromatic heterocycles. The van der Waals surface area contributed by atoms with Crippen LogP contribution in [0.25, 0.3) is 11.3 Å². The van der Waals surface area contributed by atoms with E-state index in [0.29, 0.717) is 28.3 Å². The van der Waals surface area contributed by atoms with Crippen molar-refractivity contribution < 1.29 is 36.2 Å². The number of likely N-dealkylation sites (tertiary alicyclic amines) is 1. The summed E-state index contributed by atoms with van der Waals surface area (Å²) in [6, 6.07) is 10.5. The predicted octanol–water partition coefficient (Wildman–Crippen LogP) is 6.03. The second kappa shape index (κ2) is 10.8. The fourth-order valence-electron chi connectivity index (χ4n) is 4.85. The first-order valence-corrected chi connectivity index (χ1v) is 12.6. The Kier molecular flexibility index (Phi) is 7.51. The first kappa shape index (κ1) is 28.6. The van der Waals surface area contributed by atoms with Crippen LogP contribution < -0.4 is 0 Å². The number of carbonyl (C=O) groups excluding carboxylic acids is 1. The summed E-state index contributed by atoms with van der Waals surface area (Å²) in [4.78, 5) is 19.2. The van der Waals surface area contributed by atoms with Crippen LogP contribution in [0.2, 0.25) is 5.02 Å². The molecule has 0 radical (unpaired) electrons. The molecule has 1 amide bonds. The number of hydrogen-bond donors (Lipinski definition) is 1. The average molecular weight is 596 g/mol. The molecule has 2 aromatic carbocycles. The molecule has 1 aliphatic rings. The standard InChI is InChI=1S/C27H20ClF6N5O2/c28-21-6-2-1-5-20(21)22-11-19(40)14-38(22)25(41)23-24(16-4-3-7-35-12-16)39(37-36-23)13-15-8-17(26(29,30)31)10-18(9-15)27(32,33)34/h1-10,12,19,22,40H,11,13-14H2. The molecule has 5 rings (SSSR count). The van der Waals surface area contributed by atoms with E-state index >= 15 is 0 Å². The highest BCUT2D eigenvalue weighted by Crippen LogP contribution is 2.39. The fraction of sp³-hybridized carbons (Fsp3) is 0.259. The SMILES string of the molecule is O=C(c1nnn(Cc2cc(C(F)(F)F)cc(C(F)(F)F)c2)c1-c1cccnc1)N1CC(O)CC1c1ccccc1Cl. The molecule has 1 fully saturated rings. The highest BCUT2D eigenvalue weighted by atomic mass is 35.5. The van der Waals surface area contributed by atoms with Gasteiger partial charge in [0, 0.05) is 29.5 Å². The van der Waals surface area contributed by atoms with E-state index in [2.05, 4.69) is 15.3 Å². The molecule has 4 aromatic rings. The zero-order valence-electron chi connectivity index (χ0n) is 20.9. The zero-order chi connectivity index (χ0) is 29.5. The molecule has 3 heterocycles. The molecular weight excluding hydrogens is 576 g/mol. The van der Waals surface area contributed by atoms with Gasteiger partial charge in [-0.1, -0.05) is 35.0 Å². The summed E-state index contributed by atoms with van der Waals surface area (Å²) >= 11 is 6.36. The van der Waals surface area contributed by atoms with Crippen molar-refractivity contribution in [3.05, 3.63) is 100.0 Å². The number of hydrogen-bond acceptors (Lipinski definition) is 5. The van der Waals surface area contributed by atoms with Crippen molar-refractivity contribution in [3.63, 3.8) is 0 Å². The minimum absolute atomic E-state index is 0.0355. The van der Waals surface area contributed by atoms with E-state index in [1.165, 1.54) is 17.3 Å². The Morgan fingerprint density at radius 1 is 1.00 bits per heavy atom. The molecule has 0 spiro atoms. The predicted molar refractivity (Wildman–Crippen MR) is 135 cm³/mol. The number of carbonyl (C=O) groups is 1. The van der Waals surface area contributed by atoms with Crippen LogP contribution in [-0.2, 0) is 18.9 Å². The van der Waals surface area contributed by atoms with Crippen molar-refractivity contribution in [3.8, 4) is 11.3 Å². The van der Waals surface area contributed by atoms with Gasteiger partial charge in [-0.05, 0) is 53.9 Å². The van der Waals surface area contributed by atoms with Gasteiger partial charge in [-0.2, -0.15) is 26.3 Å². The minimum atomic E-state index is -5.03. The Balaban J connectivity index is 1.58. The molecule has 214 valence electrons. The summed E-state index contributed by atoms with van der Waals surface area (Å²) < 4.78 is 81.7. The van der Waals surface area contributed by atoms with Crippen LogP contribution >= 0.6 is 11.6 Å². The Morgan fingerprint density at radius 3 is 2.29 bits per heavy atom. The van der Waals surface area contributed by atoms with Crippen molar-refractivity contribution in [2.24, 2.45) is 0 Å². The molecule has 0 bridgehead atoms. The van der Waals surface area contributed by atoms with E-state index in [1.807, 2.05) is 0 Å². The highest BCUT2D eigenvalue weighted by Gasteiger charge is 2.40. The maximum atomic E-state index is 13.9. The molecule has 1 N–H and O–H groups in total. The van der Waals surface area contributed by atoms with Gasteiger partial charge in [0.25, 0.3) is 5.91 Å². The van der Waals surface area contributed by atoms with Crippen LogP contribution in [0.4, 0.5) is 26.3 Å². The van der Waals surface area contributed by atoms with Gasteiger partial charge in [0.1, 0.15) is 5.69 Å². The zero-order valence-corrected chi connectivity index (χ0v) is 21.6. The summed E-state index contributed by atoms with van der Waals surface area (Å²) in [6.45, 7) is -0.620. The van der Waals surface area contributed by atoms with Crippen molar-refractivity contribution in [1.82, 2.24) is 24.9 Å². The van der Waals surface area contributed by atoms with Crippen LogP contribution in [-0.4, -0.2) is 48.5 Å².